The third kappa shape index (κ3) is 2.73. The van der Waals surface area contributed by atoms with Crippen LogP contribution in [0.4, 0.5) is 4.39 Å². The van der Waals surface area contributed by atoms with Crippen molar-refractivity contribution in [2.24, 2.45) is 0 Å². The normalized spacial score (nSPS) is 10.8. The second kappa shape index (κ2) is 5.56. The molecule has 5 heteroatoms. The summed E-state index contributed by atoms with van der Waals surface area (Å²) in [7, 11) is 0. The highest BCUT2D eigenvalue weighted by Gasteiger charge is 2.13. The first-order valence-corrected chi connectivity index (χ1v) is 7.49. The van der Waals surface area contributed by atoms with E-state index in [4.69, 9.17) is 11.6 Å². The van der Waals surface area contributed by atoms with Crippen LogP contribution < -0.4 is 0 Å². The van der Waals surface area contributed by atoms with Crippen LogP contribution in [0, 0.1) is 5.82 Å². The summed E-state index contributed by atoms with van der Waals surface area (Å²) < 4.78 is 13.7. The van der Waals surface area contributed by atoms with Gasteiger partial charge < -0.3 is 0 Å². The first kappa shape index (κ1) is 13.6. The van der Waals surface area contributed by atoms with E-state index in [0.717, 1.165) is 21.7 Å². The Morgan fingerprint density at radius 3 is 2.20 bits per heavy atom. The van der Waals surface area contributed by atoms with E-state index in [2.05, 4.69) is 17.6 Å². The number of hydrogen-bond donors (Lipinski definition) is 1. The Morgan fingerprint density at radius 2 is 1.55 bits per heavy atom. The maximum atomic E-state index is 13.0. The van der Waals surface area contributed by atoms with Crippen LogP contribution in [0.15, 0.2) is 52.9 Å². The van der Waals surface area contributed by atoms with E-state index in [-0.39, 0.29) is 5.82 Å². The summed E-state index contributed by atoms with van der Waals surface area (Å²) >= 11 is 11.7. The highest BCUT2D eigenvalue weighted by Crippen LogP contribution is 2.38. The molecule has 0 fully saturated rings. The molecule has 0 aliphatic carbocycles. The van der Waals surface area contributed by atoms with Gasteiger partial charge in [-0.2, -0.15) is 0 Å². The van der Waals surface area contributed by atoms with Gasteiger partial charge in [0, 0.05) is 10.6 Å². The largest absolute Gasteiger partial charge is 0.229 e. The first-order valence-electron chi connectivity index (χ1n) is 5.85. The molecule has 20 heavy (non-hydrogen) atoms. The van der Waals surface area contributed by atoms with Crippen molar-refractivity contribution in [1.29, 1.82) is 0 Å². The predicted molar refractivity (Wildman–Crippen MR) is 85.2 cm³/mol. The van der Waals surface area contributed by atoms with Gasteiger partial charge in [-0.05, 0) is 29.8 Å². The zero-order valence-corrected chi connectivity index (χ0v) is 12.6. The smallest absolute Gasteiger partial charge is 0.148 e. The van der Waals surface area contributed by atoms with E-state index in [1.807, 2.05) is 24.3 Å². The minimum Gasteiger partial charge on any atom is -0.229 e. The zero-order valence-electron chi connectivity index (χ0n) is 10.2. The van der Waals surface area contributed by atoms with Gasteiger partial charge in [0.15, 0.2) is 0 Å². The van der Waals surface area contributed by atoms with Crippen molar-refractivity contribution < 1.29 is 4.39 Å². The lowest BCUT2D eigenvalue weighted by Gasteiger charge is -2.03. The molecule has 0 spiro atoms. The van der Waals surface area contributed by atoms with E-state index in [1.165, 1.54) is 23.5 Å². The first-order chi connectivity index (χ1) is 9.63. The summed E-state index contributed by atoms with van der Waals surface area (Å²) in [6, 6.07) is 13.9. The number of aromatic nitrogens is 1. The molecule has 0 aliphatic heterocycles. The molecular formula is C15H9ClFNS2. The molecule has 2 aromatic carbocycles. The third-order valence-electron chi connectivity index (χ3n) is 2.84. The SMILES string of the molecule is Fc1ccc(-c2sc(S)nc2-c2ccc(Cl)cc2)cc1. The second-order valence-corrected chi connectivity index (χ2v) is 6.35. The van der Waals surface area contributed by atoms with Crippen LogP contribution in [0.2, 0.25) is 5.02 Å². The van der Waals surface area contributed by atoms with Crippen molar-refractivity contribution in [1.82, 2.24) is 4.98 Å². The fourth-order valence-corrected chi connectivity index (χ4v) is 3.24. The average molecular weight is 322 g/mol. The average Bonchev–Trinajstić information content (AvgIpc) is 2.82. The van der Waals surface area contributed by atoms with Crippen LogP contribution in [0.3, 0.4) is 0 Å². The van der Waals surface area contributed by atoms with Gasteiger partial charge in [0.1, 0.15) is 10.2 Å². The highest BCUT2D eigenvalue weighted by molar-refractivity contribution is 7.82. The number of thiazole rings is 1. The van der Waals surface area contributed by atoms with Gasteiger partial charge in [-0.25, -0.2) is 9.37 Å². The minimum atomic E-state index is -0.252. The number of hydrogen-bond acceptors (Lipinski definition) is 3. The Labute approximate surface area is 130 Å². The van der Waals surface area contributed by atoms with Crippen LogP contribution in [0.5, 0.6) is 0 Å². The standard InChI is InChI=1S/C15H9ClFNS2/c16-11-5-1-9(2-6-11)13-14(20-15(19)18-13)10-3-7-12(17)8-4-10/h1-8H,(H,18,19). The molecule has 0 saturated heterocycles. The molecule has 0 saturated carbocycles. The molecule has 0 bridgehead atoms. The van der Waals surface area contributed by atoms with Crippen molar-refractivity contribution in [2.45, 2.75) is 4.34 Å². The molecule has 3 rings (SSSR count). The molecule has 1 aromatic heterocycles. The van der Waals surface area contributed by atoms with Crippen molar-refractivity contribution in [2.75, 3.05) is 0 Å². The highest BCUT2D eigenvalue weighted by atomic mass is 35.5. The van der Waals surface area contributed by atoms with Gasteiger partial charge in [0.2, 0.25) is 0 Å². The third-order valence-corrected chi connectivity index (χ3v) is 4.37. The Balaban J connectivity index is 2.12. The predicted octanol–water partition coefficient (Wildman–Crippen LogP) is 5.56. The van der Waals surface area contributed by atoms with Gasteiger partial charge >= 0.3 is 0 Å². The molecule has 0 atom stereocenters. The summed E-state index contributed by atoms with van der Waals surface area (Å²) in [5.74, 6) is -0.252. The van der Waals surface area contributed by atoms with E-state index in [1.54, 1.807) is 12.1 Å². The van der Waals surface area contributed by atoms with Gasteiger partial charge in [-0.15, -0.1) is 24.0 Å². The maximum Gasteiger partial charge on any atom is 0.148 e. The molecule has 1 nitrogen and oxygen atoms in total. The van der Waals surface area contributed by atoms with Crippen LogP contribution in [-0.2, 0) is 0 Å². The molecule has 0 amide bonds. The maximum absolute atomic E-state index is 13.0. The fourth-order valence-electron chi connectivity index (χ4n) is 1.91. The van der Waals surface area contributed by atoms with Gasteiger partial charge in [-0.1, -0.05) is 35.9 Å². The van der Waals surface area contributed by atoms with Crippen LogP contribution >= 0.6 is 35.6 Å². The topological polar surface area (TPSA) is 12.9 Å². The lowest BCUT2D eigenvalue weighted by atomic mass is 10.1. The Hall–Kier alpha value is -1.36. The lowest BCUT2D eigenvalue weighted by Crippen LogP contribution is -1.82. The molecule has 0 unspecified atom stereocenters. The number of thiol groups is 1. The summed E-state index contributed by atoms with van der Waals surface area (Å²) in [5, 5.41) is 0.679. The fraction of sp³-hybridized carbons (Fsp3) is 0. The summed E-state index contributed by atoms with van der Waals surface area (Å²) in [4.78, 5) is 5.42. The summed E-state index contributed by atoms with van der Waals surface area (Å²) in [5.41, 5.74) is 2.72. The zero-order chi connectivity index (χ0) is 14.1. The van der Waals surface area contributed by atoms with Crippen molar-refractivity contribution in [3.63, 3.8) is 0 Å². The summed E-state index contributed by atoms with van der Waals surface area (Å²) in [6.45, 7) is 0. The monoisotopic (exact) mass is 321 g/mol. The quantitative estimate of drug-likeness (QED) is 0.610. The van der Waals surface area contributed by atoms with Crippen molar-refractivity contribution in [3.05, 3.63) is 59.4 Å². The number of halogens is 2. The molecule has 100 valence electrons. The van der Waals surface area contributed by atoms with E-state index in [9.17, 15) is 4.39 Å². The van der Waals surface area contributed by atoms with E-state index < -0.39 is 0 Å². The van der Waals surface area contributed by atoms with Gasteiger partial charge in [0.25, 0.3) is 0 Å². The van der Waals surface area contributed by atoms with Crippen LogP contribution in [0.25, 0.3) is 21.7 Å². The van der Waals surface area contributed by atoms with E-state index >= 15 is 0 Å². The van der Waals surface area contributed by atoms with Crippen LogP contribution in [0.1, 0.15) is 0 Å². The molecule has 3 aromatic rings. The molecule has 0 N–H and O–H groups in total. The van der Waals surface area contributed by atoms with E-state index in [0.29, 0.717) is 9.36 Å². The van der Waals surface area contributed by atoms with Crippen LogP contribution in [-0.4, -0.2) is 4.98 Å². The van der Waals surface area contributed by atoms with Crippen molar-refractivity contribution >= 4 is 35.6 Å². The molecule has 1 heterocycles. The lowest BCUT2D eigenvalue weighted by molar-refractivity contribution is 0.628. The van der Waals surface area contributed by atoms with Crippen molar-refractivity contribution in [3.8, 4) is 21.7 Å². The number of nitrogens with zero attached hydrogens (tertiary/aromatic N) is 1. The number of benzene rings is 2. The number of rotatable bonds is 2. The Bertz CT molecular complexity index is 673. The minimum absolute atomic E-state index is 0.252. The Kier molecular flexibility index (Phi) is 3.78. The molecule has 0 radical (unpaired) electrons. The Morgan fingerprint density at radius 1 is 0.950 bits per heavy atom. The molecular weight excluding hydrogens is 313 g/mol. The van der Waals surface area contributed by atoms with Gasteiger partial charge in [-0.3, -0.25) is 0 Å². The van der Waals surface area contributed by atoms with Gasteiger partial charge in [0.05, 0.1) is 10.6 Å². The molecule has 0 aliphatic rings. The summed E-state index contributed by atoms with van der Waals surface area (Å²) in [6.07, 6.45) is 0. The second-order valence-electron chi connectivity index (χ2n) is 4.19.